The maximum Gasteiger partial charge on any atom is 0.136 e. The van der Waals surface area contributed by atoms with E-state index in [-0.39, 0.29) is 11.2 Å². The van der Waals surface area contributed by atoms with Crippen LogP contribution in [0.25, 0.3) is 10.9 Å². The monoisotopic (exact) mass is 519 g/mol. The van der Waals surface area contributed by atoms with Crippen molar-refractivity contribution in [1.29, 1.82) is 0 Å². The second-order valence-corrected chi connectivity index (χ2v) is 11.0. The number of hydrogen-bond donors (Lipinski definition) is 1. The molecule has 6 heterocycles. The molecule has 4 aliphatic heterocycles. The summed E-state index contributed by atoms with van der Waals surface area (Å²) in [5.41, 5.74) is 5.83. The molecule has 1 N–H and O–H groups in total. The van der Waals surface area contributed by atoms with E-state index in [4.69, 9.17) is 19.4 Å². The summed E-state index contributed by atoms with van der Waals surface area (Å²) in [6.45, 7) is 8.13. The van der Waals surface area contributed by atoms with Crippen LogP contribution in [0.4, 0.5) is 27.3 Å². The third-order valence-electron chi connectivity index (χ3n) is 8.83. The highest BCUT2D eigenvalue weighted by atomic mass is 19.1. The molecule has 9 heteroatoms. The highest BCUT2D eigenvalue weighted by Crippen LogP contribution is 2.52. The number of anilines is 4. The molecular weight excluding hydrogens is 485 g/mol. The maximum absolute atomic E-state index is 14.5. The normalized spacial score (nSPS) is 23.0. The number of aliphatic hydroxyl groups excluding tert-OH is 1. The van der Waals surface area contributed by atoms with Crippen molar-refractivity contribution in [3.63, 3.8) is 0 Å². The molecule has 0 aliphatic carbocycles. The fraction of sp³-hybridized carbons (Fsp3) is 0.517. The zero-order chi connectivity index (χ0) is 25.9. The summed E-state index contributed by atoms with van der Waals surface area (Å²) >= 11 is 0. The SMILES string of the molecule is Cc1c(N2CCCC2O)nc2cc(F)ccc2c1N1CC2(CCOCC2)c2ncc(N3CCOCC3)cc21. The van der Waals surface area contributed by atoms with Gasteiger partial charge in [0.25, 0.3) is 0 Å². The molecule has 1 spiro atoms. The van der Waals surface area contributed by atoms with Crippen LogP contribution in [0.2, 0.25) is 0 Å². The zero-order valence-corrected chi connectivity index (χ0v) is 21.8. The Morgan fingerprint density at radius 2 is 1.84 bits per heavy atom. The minimum absolute atomic E-state index is 0.105. The van der Waals surface area contributed by atoms with Gasteiger partial charge in [-0.05, 0) is 50.8 Å². The van der Waals surface area contributed by atoms with Crippen molar-refractivity contribution >= 4 is 33.8 Å². The summed E-state index contributed by atoms with van der Waals surface area (Å²) in [4.78, 5) is 16.7. The number of benzene rings is 1. The first-order valence-corrected chi connectivity index (χ1v) is 13.8. The first kappa shape index (κ1) is 24.1. The van der Waals surface area contributed by atoms with E-state index in [2.05, 4.69) is 22.8 Å². The van der Waals surface area contributed by atoms with Crippen molar-refractivity contribution in [2.24, 2.45) is 0 Å². The van der Waals surface area contributed by atoms with Crippen molar-refractivity contribution in [3.8, 4) is 0 Å². The smallest absolute Gasteiger partial charge is 0.136 e. The highest BCUT2D eigenvalue weighted by Gasteiger charge is 2.47. The topological polar surface area (TPSA) is 74.2 Å². The average Bonchev–Trinajstić information content (AvgIpc) is 3.50. The zero-order valence-electron chi connectivity index (χ0n) is 21.8. The quantitative estimate of drug-likeness (QED) is 0.556. The Balaban J connectivity index is 1.43. The second-order valence-electron chi connectivity index (χ2n) is 11.0. The van der Waals surface area contributed by atoms with Crippen molar-refractivity contribution in [3.05, 3.63) is 47.5 Å². The molecule has 38 heavy (non-hydrogen) atoms. The van der Waals surface area contributed by atoms with Crippen LogP contribution < -0.4 is 14.7 Å². The molecule has 0 amide bonds. The number of halogens is 1. The lowest BCUT2D eigenvalue weighted by atomic mass is 9.78. The van der Waals surface area contributed by atoms with Gasteiger partial charge >= 0.3 is 0 Å². The van der Waals surface area contributed by atoms with Gasteiger partial charge in [-0.2, -0.15) is 0 Å². The van der Waals surface area contributed by atoms with Gasteiger partial charge in [0, 0.05) is 61.8 Å². The third kappa shape index (κ3) is 3.82. The van der Waals surface area contributed by atoms with Crippen molar-refractivity contribution in [2.45, 2.75) is 44.2 Å². The van der Waals surface area contributed by atoms with Gasteiger partial charge in [0.2, 0.25) is 0 Å². The molecule has 0 saturated carbocycles. The van der Waals surface area contributed by atoms with Gasteiger partial charge in [-0.15, -0.1) is 0 Å². The van der Waals surface area contributed by atoms with Crippen molar-refractivity contribution in [1.82, 2.24) is 9.97 Å². The van der Waals surface area contributed by atoms with Crippen molar-refractivity contribution in [2.75, 3.05) is 67.3 Å². The van der Waals surface area contributed by atoms with E-state index in [1.165, 1.54) is 12.1 Å². The van der Waals surface area contributed by atoms with E-state index >= 15 is 0 Å². The highest BCUT2D eigenvalue weighted by molar-refractivity contribution is 5.99. The Labute approximate surface area is 222 Å². The molecule has 1 unspecified atom stereocenters. The van der Waals surface area contributed by atoms with Gasteiger partial charge in [-0.3, -0.25) is 4.98 Å². The number of morpholine rings is 1. The minimum atomic E-state index is -0.581. The number of hydrogen-bond acceptors (Lipinski definition) is 8. The molecule has 2 aromatic heterocycles. The summed E-state index contributed by atoms with van der Waals surface area (Å²) < 4.78 is 25.8. The average molecular weight is 520 g/mol. The first-order chi connectivity index (χ1) is 18.5. The van der Waals surface area contributed by atoms with Gasteiger partial charge in [0.1, 0.15) is 17.9 Å². The fourth-order valence-corrected chi connectivity index (χ4v) is 6.80. The van der Waals surface area contributed by atoms with Crippen LogP contribution >= 0.6 is 0 Å². The summed E-state index contributed by atoms with van der Waals surface area (Å²) in [5.74, 6) is 0.418. The molecule has 4 aliphatic rings. The van der Waals surface area contributed by atoms with Gasteiger partial charge in [-0.1, -0.05) is 0 Å². The van der Waals surface area contributed by atoms with E-state index in [0.29, 0.717) is 38.4 Å². The lowest BCUT2D eigenvalue weighted by molar-refractivity contribution is 0.0546. The number of aliphatic hydroxyl groups is 1. The molecule has 3 saturated heterocycles. The largest absolute Gasteiger partial charge is 0.381 e. The molecule has 7 rings (SSSR count). The molecule has 1 atom stereocenters. The molecule has 0 bridgehead atoms. The summed E-state index contributed by atoms with van der Waals surface area (Å²) in [5, 5.41) is 11.7. The predicted octanol–water partition coefficient (Wildman–Crippen LogP) is 4.03. The minimum Gasteiger partial charge on any atom is -0.381 e. The molecule has 0 radical (unpaired) electrons. The van der Waals surface area contributed by atoms with Crippen LogP contribution in [0.3, 0.4) is 0 Å². The molecule has 200 valence electrons. The van der Waals surface area contributed by atoms with E-state index in [1.807, 2.05) is 17.2 Å². The molecule has 1 aromatic carbocycles. The van der Waals surface area contributed by atoms with Crippen LogP contribution in [0.15, 0.2) is 30.5 Å². The van der Waals surface area contributed by atoms with Crippen LogP contribution in [0.5, 0.6) is 0 Å². The van der Waals surface area contributed by atoms with Crippen LogP contribution in [-0.4, -0.2) is 73.9 Å². The number of ether oxygens (including phenoxy) is 2. The number of fused-ring (bicyclic) bond motifs is 3. The summed E-state index contributed by atoms with van der Waals surface area (Å²) in [6.07, 6.45) is 4.87. The summed E-state index contributed by atoms with van der Waals surface area (Å²) in [6, 6.07) is 7.14. The Kier molecular flexibility index (Phi) is 5.90. The van der Waals surface area contributed by atoms with Gasteiger partial charge in [0.05, 0.1) is 47.7 Å². The maximum atomic E-state index is 14.5. The van der Waals surface area contributed by atoms with Gasteiger partial charge in [-0.25, -0.2) is 9.37 Å². The van der Waals surface area contributed by atoms with E-state index in [1.54, 1.807) is 0 Å². The summed E-state index contributed by atoms with van der Waals surface area (Å²) in [7, 11) is 0. The van der Waals surface area contributed by atoms with E-state index in [0.717, 1.165) is 85.0 Å². The van der Waals surface area contributed by atoms with Gasteiger partial charge < -0.3 is 29.3 Å². The lowest BCUT2D eigenvalue weighted by Crippen LogP contribution is -2.38. The Morgan fingerprint density at radius 3 is 2.61 bits per heavy atom. The van der Waals surface area contributed by atoms with Crippen molar-refractivity contribution < 1.29 is 19.0 Å². The second kappa shape index (κ2) is 9.32. The fourth-order valence-electron chi connectivity index (χ4n) is 6.80. The molecule has 3 aromatic rings. The van der Waals surface area contributed by atoms with Gasteiger partial charge in [0.15, 0.2) is 0 Å². The van der Waals surface area contributed by atoms with Crippen LogP contribution in [-0.2, 0) is 14.9 Å². The first-order valence-electron chi connectivity index (χ1n) is 13.8. The number of rotatable bonds is 3. The Bertz CT molecular complexity index is 1370. The molecule has 3 fully saturated rings. The number of aromatic nitrogens is 2. The van der Waals surface area contributed by atoms with E-state index < -0.39 is 6.23 Å². The number of pyridine rings is 2. The third-order valence-corrected chi connectivity index (χ3v) is 8.83. The Morgan fingerprint density at radius 1 is 1.05 bits per heavy atom. The lowest BCUT2D eigenvalue weighted by Gasteiger charge is -2.34. The Hall–Kier alpha value is -3.01. The number of nitrogens with zero attached hydrogens (tertiary/aromatic N) is 5. The van der Waals surface area contributed by atoms with Crippen LogP contribution in [0.1, 0.15) is 36.9 Å². The molecular formula is C29H34FN5O3. The standard InChI is InChI=1S/C29H34FN5O3/c1-19-26(22-5-4-20(30)15-23(22)32-28(19)34-8-2-3-25(34)36)35-18-29(6-11-37-12-7-29)27-24(35)16-21(17-31-27)33-9-13-38-14-10-33/h4-5,15-17,25,36H,2-3,6-14,18H2,1H3. The molecule has 8 nitrogen and oxygen atoms in total. The van der Waals surface area contributed by atoms with E-state index in [9.17, 15) is 9.50 Å². The predicted molar refractivity (Wildman–Crippen MR) is 145 cm³/mol. The van der Waals surface area contributed by atoms with Crippen LogP contribution in [0, 0.1) is 12.7 Å².